The molecule has 0 atom stereocenters. The van der Waals surface area contributed by atoms with E-state index in [1.165, 1.54) is 18.2 Å². The number of halogens is 1. The highest BCUT2D eigenvalue weighted by atomic mass is 79.9. The smallest absolute Gasteiger partial charge is 0.273 e. The van der Waals surface area contributed by atoms with Crippen molar-refractivity contribution in [3.05, 3.63) is 68.2 Å². The van der Waals surface area contributed by atoms with E-state index in [1.807, 2.05) is 19.1 Å². The molecule has 0 unspecified atom stereocenters. The Morgan fingerprint density at radius 2 is 1.90 bits per heavy atom. The van der Waals surface area contributed by atoms with E-state index in [0.29, 0.717) is 10.0 Å². The number of non-ortho nitro benzene ring substituents is 1. The Morgan fingerprint density at radius 1 is 1.24 bits per heavy atom. The highest BCUT2D eigenvalue weighted by Gasteiger charge is 2.12. The fourth-order valence-electron chi connectivity index (χ4n) is 1.68. The Kier molecular flexibility index (Phi) is 4.70. The van der Waals surface area contributed by atoms with Gasteiger partial charge in [-0.25, -0.2) is 0 Å². The molecule has 2 rings (SSSR count). The maximum atomic E-state index is 12.0. The molecule has 2 aromatic rings. The third-order valence-corrected chi connectivity index (χ3v) is 3.51. The molecule has 0 aliphatic carbocycles. The second kappa shape index (κ2) is 6.49. The van der Waals surface area contributed by atoms with Crippen LogP contribution in [-0.4, -0.2) is 17.3 Å². The van der Waals surface area contributed by atoms with E-state index < -0.39 is 4.92 Å². The molecule has 5 nitrogen and oxygen atoms in total. The zero-order valence-corrected chi connectivity index (χ0v) is 12.8. The summed E-state index contributed by atoms with van der Waals surface area (Å²) in [4.78, 5) is 22.2. The molecule has 0 heterocycles. The molecule has 0 fully saturated rings. The van der Waals surface area contributed by atoms with Gasteiger partial charge in [0.1, 0.15) is 5.75 Å². The van der Waals surface area contributed by atoms with Crippen LogP contribution in [0.2, 0.25) is 0 Å². The lowest BCUT2D eigenvalue weighted by atomic mass is 10.1. The Labute approximate surface area is 129 Å². The Morgan fingerprint density at radius 3 is 2.52 bits per heavy atom. The number of rotatable bonds is 5. The number of Topliss-reactive ketones (excluding diaryl/α,β-unsaturated/α-hetero) is 1. The van der Waals surface area contributed by atoms with Crippen LogP contribution in [0.15, 0.2) is 46.9 Å². The molecular formula is C15H12BrNO4. The fraction of sp³-hybridized carbons (Fsp3) is 0.133. The van der Waals surface area contributed by atoms with Gasteiger partial charge < -0.3 is 4.74 Å². The number of hydrogen-bond acceptors (Lipinski definition) is 4. The van der Waals surface area contributed by atoms with Crippen molar-refractivity contribution in [2.24, 2.45) is 0 Å². The molecule has 108 valence electrons. The summed E-state index contributed by atoms with van der Waals surface area (Å²) in [6, 6.07) is 11.3. The third kappa shape index (κ3) is 3.88. The molecule has 21 heavy (non-hydrogen) atoms. The van der Waals surface area contributed by atoms with Crippen molar-refractivity contribution < 1.29 is 14.5 Å². The number of carbonyl (C=O) groups excluding carboxylic acids is 1. The summed E-state index contributed by atoms with van der Waals surface area (Å²) in [5, 5.41) is 10.7. The van der Waals surface area contributed by atoms with Crippen LogP contribution in [0.4, 0.5) is 5.69 Å². The van der Waals surface area contributed by atoms with E-state index in [-0.39, 0.29) is 23.8 Å². The van der Waals surface area contributed by atoms with Gasteiger partial charge in [0.25, 0.3) is 5.69 Å². The highest BCUT2D eigenvalue weighted by molar-refractivity contribution is 9.10. The lowest BCUT2D eigenvalue weighted by molar-refractivity contribution is -0.384. The summed E-state index contributed by atoms with van der Waals surface area (Å²) < 4.78 is 5.93. The maximum Gasteiger partial charge on any atom is 0.273 e. The topological polar surface area (TPSA) is 69.4 Å². The van der Waals surface area contributed by atoms with Crippen molar-refractivity contribution in [2.75, 3.05) is 6.61 Å². The van der Waals surface area contributed by atoms with E-state index in [4.69, 9.17) is 4.74 Å². The van der Waals surface area contributed by atoms with Crippen molar-refractivity contribution >= 4 is 27.4 Å². The van der Waals surface area contributed by atoms with Crippen molar-refractivity contribution in [3.63, 3.8) is 0 Å². The molecule has 0 aliphatic heterocycles. The fourth-order valence-corrected chi connectivity index (χ4v) is 2.04. The van der Waals surface area contributed by atoms with E-state index in [1.54, 1.807) is 12.1 Å². The SMILES string of the molecule is Cc1ccc(C(=O)COc2cc([N+](=O)[O-])ccc2Br)cc1. The molecular weight excluding hydrogens is 338 g/mol. The number of benzene rings is 2. The van der Waals surface area contributed by atoms with Gasteiger partial charge in [0.05, 0.1) is 15.5 Å². The summed E-state index contributed by atoms with van der Waals surface area (Å²) >= 11 is 3.24. The summed E-state index contributed by atoms with van der Waals surface area (Å²) in [5.74, 6) is 0.0815. The number of nitro groups is 1. The van der Waals surface area contributed by atoms with E-state index in [2.05, 4.69) is 15.9 Å². The van der Waals surface area contributed by atoms with Crippen molar-refractivity contribution in [3.8, 4) is 5.75 Å². The number of carbonyl (C=O) groups is 1. The van der Waals surface area contributed by atoms with E-state index in [9.17, 15) is 14.9 Å². The van der Waals surface area contributed by atoms with Crippen LogP contribution in [0.1, 0.15) is 15.9 Å². The van der Waals surface area contributed by atoms with Crippen LogP contribution in [0.25, 0.3) is 0 Å². The van der Waals surface area contributed by atoms with E-state index in [0.717, 1.165) is 5.56 Å². The summed E-state index contributed by atoms with van der Waals surface area (Å²) in [5.41, 5.74) is 1.52. The minimum absolute atomic E-state index is 0.0871. The molecule has 0 radical (unpaired) electrons. The van der Waals surface area contributed by atoms with Crippen molar-refractivity contribution in [2.45, 2.75) is 6.92 Å². The van der Waals surface area contributed by atoms with Gasteiger partial charge in [0.15, 0.2) is 12.4 Å². The quantitative estimate of drug-likeness (QED) is 0.465. The van der Waals surface area contributed by atoms with Gasteiger partial charge in [0, 0.05) is 11.6 Å². The third-order valence-electron chi connectivity index (χ3n) is 2.86. The van der Waals surface area contributed by atoms with Crippen LogP contribution >= 0.6 is 15.9 Å². The lowest BCUT2D eigenvalue weighted by Crippen LogP contribution is -2.11. The first-order valence-corrected chi connectivity index (χ1v) is 6.93. The van der Waals surface area contributed by atoms with Crippen LogP contribution < -0.4 is 4.74 Å². The first-order valence-electron chi connectivity index (χ1n) is 6.14. The Bertz CT molecular complexity index is 683. The molecule has 0 bridgehead atoms. The van der Waals surface area contributed by atoms with Crippen molar-refractivity contribution in [1.29, 1.82) is 0 Å². The molecule has 0 amide bonds. The summed E-state index contributed by atoms with van der Waals surface area (Å²) in [6.45, 7) is 1.76. The minimum Gasteiger partial charge on any atom is -0.484 e. The summed E-state index contributed by atoms with van der Waals surface area (Å²) in [7, 11) is 0. The molecule has 0 saturated carbocycles. The van der Waals surface area contributed by atoms with Crippen LogP contribution in [0.5, 0.6) is 5.75 Å². The second-order valence-corrected chi connectivity index (χ2v) is 5.30. The monoisotopic (exact) mass is 349 g/mol. The lowest BCUT2D eigenvalue weighted by Gasteiger charge is -2.07. The van der Waals surface area contributed by atoms with Crippen molar-refractivity contribution in [1.82, 2.24) is 0 Å². The highest BCUT2D eigenvalue weighted by Crippen LogP contribution is 2.29. The number of nitro benzene ring substituents is 1. The molecule has 0 saturated heterocycles. The number of ether oxygens (including phenoxy) is 1. The minimum atomic E-state index is -0.513. The maximum absolute atomic E-state index is 12.0. The number of nitrogens with zero attached hydrogens (tertiary/aromatic N) is 1. The largest absolute Gasteiger partial charge is 0.484 e. The number of ketones is 1. The number of hydrogen-bond donors (Lipinski definition) is 0. The van der Waals surface area contributed by atoms with Gasteiger partial charge in [0.2, 0.25) is 0 Å². The molecule has 2 aromatic carbocycles. The molecule has 0 aromatic heterocycles. The van der Waals surface area contributed by atoms with Crippen LogP contribution in [0.3, 0.4) is 0 Å². The van der Waals surface area contributed by atoms with Gasteiger partial charge in [-0.15, -0.1) is 0 Å². The van der Waals surface area contributed by atoms with Gasteiger partial charge in [-0.05, 0) is 28.9 Å². The average molecular weight is 350 g/mol. The first kappa shape index (κ1) is 15.2. The van der Waals surface area contributed by atoms with Gasteiger partial charge >= 0.3 is 0 Å². The zero-order chi connectivity index (χ0) is 15.4. The molecule has 0 N–H and O–H groups in total. The van der Waals surface area contributed by atoms with Gasteiger partial charge in [-0.3, -0.25) is 14.9 Å². The number of aryl methyl sites for hydroxylation is 1. The Hall–Kier alpha value is -2.21. The zero-order valence-electron chi connectivity index (χ0n) is 11.2. The standard InChI is InChI=1S/C15H12BrNO4/c1-10-2-4-11(5-3-10)14(18)9-21-15-8-12(17(19)20)6-7-13(15)16/h2-8H,9H2,1H3. The normalized spacial score (nSPS) is 10.2. The van der Waals surface area contributed by atoms with Gasteiger partial charge in [-0.2, -0.15) is 0 Å². The van der Waals surface area contributed by atoms with E-state index >= 15 is 0 Å². The van der Waals surface area contributed by atoms with Crippen LogP contribution in [-0.2, 0) is 0 Å². The molecule has 6 heteroatoms. The first-order chi connectivity index (χ1) is 9.97. The predicted octanol–water partition coefficient (Wildman–Crippen LogP) is 3.93. The average Bonchev–Trinajstić information content (AvgIpc) is 2.46. The summed E-state index contributed by atoms with van der Waals surface area (Å²) in [6.07, 6.45) is 0. The predicted molar refractivity (Wildman–Crippen MR) is 81.8 cm³/mol. The molecule has 0 spiro atoms. The Balaban J connectivity index is 2.09. The molecule has 0 aliphatic rings. The van der Waals surface area contributed by atoms with Gasteiger partial charge in [-0.1, -0.05) is 29.8 Å². The van der Waals surface area contributed by atoms with Crippen LogP contribution in [0, 0.1) is 17.0 Å². The second-order valence-electron chi connectivity index (χ2n) is 4.45.